The number of hydrogen-bond donors (Lipinski definition) is 2. The molecule has 21 heavy (non-hydrogen) atoms. The molecule has 1 aromatic rings. The van der Waals surface area contributed by atoms with Crippen LogP contribution in [-0.2, 0) is 10.0 Å². The van der Waals surface area contributed by atoms with Gasteiger partial charge < -0.3 is 10.6 Å². The summed E-state index contributed by atoms with van der Waals surface area (Å²) in [5.74, 6) is 0.583. The first-order chi connectivity index (χ1) is 10.0. The molecular weight excluding hydrogens is 286 g/mol. The fourth-order valence-electron chi connectivity index (χ4n) is 2.62. The number of hydrogen-bond acceptors (Lipinski definition) is 4. The van der Waals surface area contributed by atoms with Crippen LogP contribution in [0, 0.1) is 5.92 Å². The number of likely N-dealkylation sites (N-methyl/N-ethyl adjacent to an activating group) is 1. The number of nitrogens with zero attached hydrogens (tertiary/aromatic N) is 1. The molecule has 1 aromatic carbocycles. The molecule has 0 heterocycles. The molecule has 5 nitrogen and oxygen atoms in total. The summed E-state index contributed by atoms with van der Waals surface area (Å²) < 4.78 is 27.5. The van der Waals surface area contributed by atoms with Gasteiger partial charge in [-0.15, -0.1) is 0 Å². The molecule has 3 N–H and O–H groups in total. The molecule has 118 valence electrons. The minimum absolute atomic E-state index is 0.201. The molecule has 1 saturated carbocycles. The summed E-state index contributed by atoms with van der Waals surface area (Å²) in [4.78, 5) is 2.36. The molecule has 0 saturated heterocycles. The van der Waals surface area contributed by atoms with Gasteiger partial charge in [0, 0.05) is 26.2 Å². The van der Waals surface area contributed by atoms with Crippen LogP contribution in [0.4, 0.5) is 5.69 Å². The van der Waals surface area contributed by atoms with Gasteiger partial charge in [0.25, 0.3) is 0 Å². The Morgan fingerprint density at radius 2 is 2.05 bits per heavy atom. The third-order valence-corrected chi connectivity index (χ3v) is 5.49. The van der Waals surface area contributed by atoms with Crippen LogP contribution in [0.3, 0.4) is 0 Å². The average Bonchev–Trinajstić information content (AvgIpc) is 3.30. The standard InChI is InChI=1S/C15H25N3O2S/c1-3-10-17-21(19,20)15-7-5-4-6-13(15)18(2)14(11-16)12-8-9-12/h4-7,12,14,17H,3,8-11,16H2,1-2H3. The van der Waals surface area contributed by atoms with E-state index in [0.717, 1.165) is 12.1 Å². The van der Waals surface area contributed by atoms with Gasteiger partial charge in [-0.2, -0.15) is 0 Å². The molecule has 0 bridgehead atoms. The van der Waals surface area contributed by atoms with Gasteiger partial charge in [0.1, 0.15) is 4.90 Å². The zero-order valence-electron chi connectivity index (χ0n) is 12.7. The van der Waals surface area contributed by atoms with Crippen LogP contribution in [-0.4, -0.2) is 34.6 Å². The second-order valence-corrected chi connectivity index (χ2v) is 7.35. The molecule has 1 aliphatic carbocycles. The highest BCUT2D eigenvalue weighted by Gasteiger charge is 2.34. The van der Waals surface area contributed by atoms with Gasteiger partial charge in [0.15, 0.2) is 0 Å². The van der Waals surface area contributed by atoms with E-state index in [1.54, 1.807) is 12.1 Å². The van der Waals surface area contributed by atoms with Crippen molar-refractivity contribution in [1.29, 1.82) is 0 Å². The first kappa shape index (κ1) is 16.3. The van der Waals surface area contributed by atoms with Crippen molar-refractivity contribution in [1.82, 2.24) is 4.72 Å². The summed E-state index contributed by atoms with van der Waals surface area (Å²) in [6.45, 7) is 2.93. The molecule has 1 unspecified atom stereocenters. The molecule has 0 spiro atoms. The van der Waals surface area contributed by atoms with Crippen LogP contribution < -0.4 is 15.4 Å². The van der Waals surface area contributed by atoms with Gasteiger partial charge in [0.05, 0.1) is 5.69 Å². The highest BCUT2D eigenvalue weighted by molar-refractivity contribution is 7.89. The van der Waals surface area contributed by atoms with Gasteiger partial charge in [0.2, 0.25) is 10.0 Å². The number of para-hydroxylation sites is 1. The number of nitrogens with two attached hydrogens (primary N) is 1. The molecular formula is C15H25N3O2S. The molecule has 2 rings (SSSR count). The van der Waals surface area contributed by atoms with Crippen LogP contribution in [0.1, 0.15) is 26.2 Å². The molecule has 0 aromatic heterocycles. The predicted molar refractivity (Wildman–Crippen MR) is 85.9 cm³/mol. The summed E-state index contributed by atoms with van der Waals surface area (Å²) in [5, 5.41) is 0. The van der Waals surface area contributed by atoms with E-state index in [1.165, 1.54) is 12.8 Å². The summed E-state index contributed by atoms with van der Waals surface area (Å²) in [6, 6.07) is 7.33. The summed E-state index contributed by atoms with van der Waals surface area (Å²) in [5.41, 5.74) is 6.61. The molecule has 0 aliphatic heterocycles. The number of benzene rings is 1. The molecule has 0 radical (unpaired) electrons. The van der Waals surface area contributed by atoms with E-state index < -0.39 is 10.0 Å². The van der Waals surface area contributed by atoms with Crippen molar-refractivity contribution in [3.05, 3.63) is 24.3 Å². The lowest BCUT2D eigenvalue weighted by atomic mass is 10.1. The van der Waals surface area contributed by atoms with Crippen LogP contribution in [0.5, 0.6) is 0 Å². The number of rotatable bonds is 8. The minimum atomic E-state index is -3.48. The first-order valence-electron chi connectivity index (χ1n) is 7.52. The Kier molecular flexibility index (Phi) is 5.24. The quantitative estimate of drug-likeness (QED) is 0.764. The van der Waals surface area contributed by atoms with Gasteiger partial charge in [-0.25, -0.2) is 13.1 Å². The Morgan fingerprint density at radius 3 is 2.62 bits per heavy atom. The number of nitrogens with one attached hydrogen (secondary N) is 1. The molecule has 1 fully saturated rings. The number of sulfonamides is 1. The summed E-state index contributed by atoms with van der Waals surface area (Å²) in [6.07, 6.45) is 3.12. The van der Waals surface area contributed by atoms with E-state index in [4.69, 9.17) is 5.73 Å². The van der Waals surface area contributed by atoms with Crippen LogP contribution >= 0.6 is 0 Å². The van der Waals surface area contributed by atoms with E-state index >= 15 is 0 Å². The Labute approximate surface area is 127 Å². The van der Waals surface area contributed by atoms with E-state index in [0.29, 0.717) is 23.9 Å². The highest BCUT2D eigenvalue weighted by atomic mass is 32.2. The van der Waals surface area contributed by atoms with Crippen LogP contribution in [0.15, 0.2) is 29.2 Å². The molecule has 1 aliphatic rings. The van der Waals surface area contributed by atoms with Crippen molar-refractivity contribution >= 4 is 15.7 Å². The zero-order chi connectivity index (χ0) is 15.5. The normalized spacial score (nSPS) is 16.7. The smallest absolute Gasteiger partial charge is 0.242 e. The maximum absolute atomic E-state index is 12.4. The van der Waals surface area contributed by atoms with E-state index in [-0.39, 0.29) is 6.04 Å². The van der Waals surface area contributed by atoms with E-state index in [1.807, 2.05) is 31.0 Å². The summed E-state index contributed by atoms with van der Waals surface area (Å²) in [7, 11) is -1.54. The Bertz CT molecular complexity index is 570. The van der Waals surface area contributed by atoms with Gasteiger partial charge in [-0.3, -0.25) is 0 Å². The van der Waals surface area contributed by atoms with E-state index in [2.05, 4.69) is 4.72 Å². The van der Waals surface area contributed by atoms with Crippen molar-refractivity contribution in [3.63, 3.8) is 0 Å². The lowest BCUT2D eigenvalue weighted by Gasteiger charge is -2.30. The third kappa shape index (κ3) is 3.75. The second-order valence-electron chi connectivity index (χ2n) is 5.62. The topological polar surface area (TPSA) is 75.4 Å². The SMILES string of the molecule is CCCNS(=O)(=O)c1ccccc1N(C)C(CN)C1CC1. The maximum atomic E-state index is 12.4. The van der Waals surface area contributed by atoms with Crippen LogP contribution in [0.25, 0.3) is 0 Å². The van der Waals surface area contributed by atoms with E-state index in [9.17, 15) is 8.42 Å². The van der Waals surface area contributed by atoms with Crippen molar-refractivity contribution in [2.75, 3.05) is 25.0 Å². The Hall–Kier alpha value is -1.11. The zero-order valence-corrected chi connectivity index (χ0v) is 13.6. The maximum Gasteiger partial charge on any atom is 0.242 e. The Balaban J connectivity index is 2.31. The largest absolute Gasteiger partial charge is 0.369 e. The first-order valence-corrected chi connectivity index (χ1v) is 9.01. The fraction of sp³-hybridized carbons (Fsp3) is 0.600. The fourth-order valence-corrected chi connectivity index (χ4v) is 3.99. The van der Waals surface area contributed by atoms with Crippen molar-refractivity contribution in [2.45, 2.75) is 37.1 Å². The lowest BCUT2D eigenvalue weighted by molar-refractivity contribution is 0.561. The summed E-state index contributed by atoms with van der Waals surface area (Å²) >= 11 is 0. The minimum Gasteiger partial charge on any atom is -0.369 e. The second kappa shape index (κ2) is 6.77. The highest BCUT2D eigenvalue weighted by Crippen LogP contribution is 2.37. The van der Waals surface area contributed by atoms with Crippen molar-refractivity contribution in [3.8, 4) is 0 Å². The molecule has 6 heteroatoms. The lowest BCUT2D eigenvalue weighted by Crippen LogP contribution is -2.40. The van der Waals surface area contributed by atoms with Crippen LogP contribution in [0.2, 0.25) is 0 Å². The molecule has 1 atom stereocenters. The molecule has 0 amide bonds. The number of anilines is 1. The Morgan fingerprint density at radius 1 is 1.38 bits per heavy atom. The van der Waals surface area contributed by atoms with Crippen molar-refractivity contribution in [2.24, 2.45) is 11.7 Å². The van der Waals surface area contributed by atoms with Crippen molar-refractivity contribution < 1.29 is 8.42 Å². The predicted octanol–water partition coefficient (Wildman–Crippen LogP) is 1.55. The monoisotopic (exact) mass is 311 g/mol. The van der Waals surface area contributed by atoms with Gasteiger partial charge in [-0.05, 0) is 37.3 Å². The average molecular weight is 311 g/mol. The third-order valence-electron chi connectivity index (χ3n) is 3.98. The van der Waals surface area contributed by atoms with Gasteiger partial charge in [-0.1, -0.05) is 19.1 Å². The van der Waals surface area contributed by atoms with Gasteiger partial charge >= 0.3 is 0 Å².